The minimum atomic E-state index is -4.49. The first-order valence-corrected chi connectivity index (χ1v) is 22.8. The van der Waals surface area contributed by atoms with Crippen molar-refractivity contribution in [2.45, 2.75) is 166 Å². The molecule has 9 heteroatoms. The predicted octanol–water partition coefficient (Wildman–Crippen LogP) is 11.6. The Labute approximate surface area is 361 Å². The minimum absolute atomic E-state index is 0. The molecule has 0 aliphatic carbocycles. The van der Waals surface area contributed by atoms with Crippen molar-refractivity contribution in [3.63, 3.8) is 0 Å². The van der Waals surface area contributed by atoms with Crippen LogP contribution in [-0.2, 0) is 45.9 Å². The Balaban J connectivity index is 0.000000360. The van der Waals surface area contributed by atoms with Gasteiger partial charge in [-0.25, -0.2) is 16.8 Å². The number of hydrogen-bond acceptors (Lipinski definition) is 6. The molecule has 0 bridgehead atoms. The molecule has 288 valence electrons. The smallest absolute Gasteiger partial charge is 0.744 e. The Kier molecular flexibility index (Phi) is 22.7. The van der Waals surface area contributed by atoms with Crippen molar-refractivity contribution in [1.29, 1.82) is 0 Å². The van der Waals surface area contributed by atoms with E-state index in [4.69, 9.17) is 0 Å². The number of fused-ring (bicyclic) bond motifs is 2. The quantitative estimate of drug-likeness (QED) is 0.0441. The Morgan fingerprint density at radius 2 is 0.755 bits per heavy atom. The number of hydrogen-bond donors (Lipinski definition) is 0. The molecule has 0 unspecified atom stereocenters. The fourth-order valence-electron chi connectivity index (χ4n) is 7.14. The van der Waals surface area contributed by atoms with Crippen LogP contribution in [-0.4, -0.2) is 74.8 Å². The van der Waals surface area contributed by atoms with Crippen LogP contribution in [0.4, 0.5) is 0 Å². The largest absolute Gasteiger partial charge is 2.00 e. The maximum Gasteiger partial charge on any atom is 2.00 e. The topological polar surface area (TPSA) is 114 Å². The molecule has 0 fully saturated rings. The fourth-order valence-corrected chi connectivity index (χ4v) is 8.73. The second-order valence-electron chi connectivity index (χ2n) is 14.4. The standard InChI is InChI=1S/2C22H32O3S.Ba/c2*1-3-5-7-9-12-18-16-20-15-11-14-19(13-10-8-6-4-2)22(20)21(17-18)26(23,24)25;/h2*11,14-17H,3-10,12-13H2,1-2H3,(H,23,24,25);/q;;+2/p-2. The molecule has 0 heterocycles. The summed E-state index contributed by atoms with van der Waals surface area (Å²) in [5.41, 5.74) is 3.86. The van der Waals surface area contributed by atoms with Gasteiger partial charge in [-0.3, -0.25) is 0 Å². The summed E-state index contributed by atoms with van der Waals surface area (Å²) in [6.07, 6.45) is 21.2. The molecular formula is C44H62BaO6S2. The Morgan fingerprint density at radius 3 is 1.06 bits per heavy atom. The van der Waals surface area contributed by atoms with Crippen molar-refractivity contribution in [2.24, 2.45) is 0 Å². The van der Waals surface area contributed by atoms with Gasteiger partial charge in [0.15, 0.2) is 0 Å². The second-order valence-corrected chi connectivity index (χ2v) is 17.1. The van der Waals surface area contributed by atoms with Crippen molar-refractivity contribution < 1.29 is 25.9 Å². The monoisotopic (exact) mass is 888 g/mol. The van der Waals surface area contributed by atoms with E-state index in [1.165, 1.54) is 38.5 Å². The Morgan fingerprint density at radius 1 is 0.434 bits per heavy atom. The molecule has 0 aliphatic heterocycles. The summed E-state index contributed by atoms with van der Waals surface area (Å²) >= 11 is 0. The fraction of sp³-hybridized carbons (Fsp3) is 0.545. The summed E-state index contributed by atoms with van der Waals surface area (Å²) in [5, 5.41) is 3.02. The number of aryl methyl sites for hydroxylation is 4. The summed E-state index contributed by atoms with van der Waals surface area (Å²) in [4.78, 5) is -0.0711. The summed E-state index contributed by atoms with van der Waals surface area (Å²) in [6.45, 7) is 8.67. The number of rotatable bonds is 22. The summed E-state index contributed by atoms with van der Waals surface area (Å²) in [7, 11) is -8.99. The molecular weight excluding hydrogens is 826 g/mol. The average Bonchev–Trinajstić information content (AvgIpc) is 3.11. The predicted molar refractivity (Wildman–Crippen MR) is 221 cm³/mol. The SMILES string of the molecule is CCCCCCc1cc(S(=O)(=O)[O-])c2c(CCCCCC)cccc2c1.CCCCCCc1cc(S(=O)(=O)[O-])c2c(CCCCCC)cccc2c1.[Ba+2]. The molecule has 0 spiro atoms. The van der Waals surface area contributed by atoms with Gasteiger partial charge in [-0.1, -0.05) is 153 Å². The average molecular weight is 888 g/mol. The van der Waals surface area contributed by atoms with Crippen LogP contribution in [0.25, 0.3) is 21.5 Å². The van der Waals surface area contributed by atoms with E-state index in [-0.39, 0.29) is 58.7 Å². The second kappa shape index (κ2) is 25.1. The first-order chi connectivity index (χ1) is 24.9. The zero-order valence-corrected chi connectivity index (χ0v) is 39.0. The summed E-state index contributed by atoms with van der Waals surface area (Å²) < 4.78 is 71.7. The molecule has 53 heavy (non-hydrogen) atoms. The van der Waals surface area contributed by atoms with Crippen LogP contribution >= 0.6 is 0 Å². The van der Waals surface area contributed by atoms with Gasteiger partial charge in [0, 0.05) is 10.8 Å². The molecule has 4 rings (SSSR count). The van der Waals surface area contributed by atoms with Gasteiger partial charge in [-0.05, 0) is 96.5 Å². The molecule has 6 nitrogen and oxygen atoms in total. The molecule has 0 atom stereocenters. The first-order valence-electron chi connectivity index (χ1n) is 19.9. The molecule has 4 aromatic carbocycles. The van der Waals surface area contributed by atoms with Crippen molar-refractivity contribution in [3.8, 4) is 0 Å². The van der Waals surface area contributed by atoms with E-state index >= 15 is 0 Å². The van der Waals surface area contributed by atoms with Crippen molar-refractivity contribution >= 4 is 90.7 Å². The van der Waals surface area contributed by atoms with E-state index in [1.807, 2.05) is 36.4 Å². The maximum absolute atomic E-state index is 11.9. The zero-order valence-electron chi connectivity index (χ0n) is 32.9. The molecule has 0 saturated heterocycles. The van der Waals surface area contributed by atoms with Crippen LogP contribution in [0.5, 0.6) is 0 Å². The zero-order chi connectivity index (χ0) is 38.0. The molecule has 0 radical (unpaired) electrons. The molecule has 0 aliphatic rings. The molecule has 0 saturated carbocycles. The third-order valence-electron chi connectivity index (χ3n) is 9.95. The normalized spacial score (nSPS) is 11.7. The summed E-state index contributed by atoms with van der Waals surface area (Å²) in [5.74, 6) is 0. The third kappa shape index (κ3) is 16.1. The van der Waals surface area contributed by atoms with E-state index < -0.39 is 20.2 Å². The third-order valence-corrected chi connectivity index (χ3v) is 11.7. The van der Waals surface area contributed by atoms with E-state index in [2.05, 4.69) is 39.8 Å². The van der Waals surface area contributed by atoms with Crippen LogP contribution < -0.4 is 0 Å². The summed E-state index contributed by atoms with van der Waals surface area (Å²) in [6, 6.07) is 19.1. The van der Waals surface area contributed by atoms with Gasteiger partial charge in [0.2, 0.25) is 0 Å². The Bertz CT molecular complexity index is 1770. The van der Waals surface area contributed by atoms with Gasteiger partial charge >= 0.3 is 48.9 Å². The van der Waals surface area contributed by atoms with Crippen molar-refractivity contribution in [1.82, 2.24) is 0 Å². The van der Waals surface area contributed by atoms with Crippen LogP contribution in [0, 0.1) is 0 Å². The van der Waals surface area contributed by atoms with Gasteiger partial charge in [0.05, 0.1) is 9.79 Å². The number of benzene rings is 4. The van der Waals surface area contributed by atoms with Gasteiger partial charge < -0.3 is 9.11 Å². The minimum Gasteiger partial charge on any atom is -0.744 e. The van der Waals surface area contributed by atoms with Crippen LogP contribution in [0.2, 0.25) is 0 Å². The first kappa shape index (κ1) is 47.9. The van der Waals surface area contributed by atoms with Gasteiger partial charge in [-0.2, -0.15) is 0 Å². The van der Waals surface area contributed by atoms with Gasteiger partial charge in [0.25, 0.3) is 0 Å². The number of unbranched alkanes of at least 4 members (excludes halogenated alkanes) is 12. The van der Waals surface area contributed by atoms with Crippen molar-refractivity contribution in [2.75, 3.05) is 0 Å². The molecule has 0 N–H and O–H groups in total. The van der Waals surface area contributed by atoms with E-state index in [9.17, 15) is 25.9 Å². The molecule has 4 aromatic rings. The maximum atomic E-state index is 11.9. The van der Waals surface area contributed by atoms with Gasteiger partial charge in [-0.15, -0.1) is 0 Å². The van der Waals surface area contributed by atoms with Gasteiger partial charge in [0.1, 0.15) is 20.2 Å². The van der Waals surface area contributed by atoms with Crippen molar-refractivity contribution in [3.05, 3.63) is 82.9 Å². The van der Waals surface area contributed by atoms with E-state index in [0.29, 0.717) is 10.8 Å². The van der Waals surface area contributed by atoms with E-state index in [0.717, 1.165) is 123 Å². The Hall–Kier alpha value is -1.21. The van der Waals surface area contributed by atoms with Crippen LogP contribution in [0.15, 0.2) is 70.5 Å². The molecule has 0 amide bonds. The van der Waals surface area contributed by atoms with Crippen LogP contribution in [0.1, 0.15) is 153 Å². The molecule has 0 aromatic heterocycles. The van der Waals surface area contributed by atoms with E-state index in [1.54, 1.807) is 12.1 Å². The van der Waals surface area contributed by atoms with Crippen LogP contribution in [0.3, 0.4) is 0 Å².